The minimum Gasteiger partial charge on any atom is -0.374 e. The van der Waals surface area contributed by atoms with Gasteiger partial charge in [-0.1, -0.05) is 6.92 Å². The summed E-state index contributed by atoms with van der Waals surface area (Å²) in [6.45, 7) is 10.6. The average molecular weight is 361 g/mol. The molecule has 0 saturated carbocycles. The minimum absolute atomic E-state index is 0.284. The number of hydrogen-bond donors (Lipinski definition) is 1. The predicted molar refractivity (Wildman–Crippen MR) is 89.6 cm³/mol. The molecule has 1 N–H and O–H groups in total. The largest absolute Gasteiger partial charge is 0.374 e. The molecule has 2 heterocycles. The third-order valence-corrected chi connectivity index (χ3v) is 5.53. The number of ether oxygens (including phenoxy) is 1. The zero-order valence-electron chi connectivity index (χ0n) is 12.6. The number of nitrogens with one attached hydrogen (secondary N) is 1. The van der Waals surface area contributed by atoms with Crippen LogP contribution in [0.25, 0.3) is 0 Å². The maximum absolute atomic E-state index is 6.04. The van der Waals surface area contributed by atoms with Gasteiger partial charge >= 0.3 is 0 Å². The van der Waals surface area contributed by atoms with E-state index < -0.39 is 0 Å². The first-order valence-electron chi connectivity index (χ1n) is 7.42. The van der Waals surface area contributed by atoms with E-state index in [0.717, 1.165) is 32.7 Å². The van der Waals surface area contributed by atoms with E-state index in [2.05, 4.69) is 58.4 Å². The number of thiophene rings is 1. The van der Waals surface area contributed by atoms with Crippen molar-refractivity contribution >= 4 is 27.3 Å². The van der Waals surface area contributed by atoms with Gasteiger partial charge in [-0.2, -0.15) is 0 Å². The van der Waals surface area contributed by atoms with E-state index in [1.54, 1.807) is 0 Å². The van der Waals surface area contributed by atoms with Crippen molar-refractivity contribution in [1.82, 2.24) is 10.2 Å². The monoisotopic (exact) mass is 360 g/mol. The third kappa shape index (κ3) is 4.53. The molecule has 1 aliphatic rings. The fourth-order valence-corrected chi connectivity index (χ4v) is 4.19. The number of morpholine rings is 1. The Morgan fingerprint density at radius 3 is 2.95 bits per heavy atom. The summed E-state index contributed by atoms with van der Waals surface area (Å²) in [6, 6.07) is 3.21. The van der Waals surface area contributed by atoms with Crippen LogP contribution in [0.15, 0.2) is 15.9 Å². The molecule has 2 rings (SSSR count). The molecule has 1 fully saturated rings. The smallest absolute Gasteiger partial charge is 0.0858 e. The van der Waals surface area contributed by atoms with E-state index in [4.69, 9.17) is 4.74 Å². The topological polar surface area (TPSA) is 24.5 Å². The quantitative estimate of drug-likeness (QED) is 0.843. The van der Waals surface area contributed by atoms with Gasteiger partial charge in [0.1, 0.15) is 0 Å². The molecule has 0 bridgehead atoms. The fourth-order valence-electron chi connectivity index (χ4n) is 2.68. The van der Waals surface area contributed by atoms with Crippen LogP contribution in [-0.2, 0) is 11.2 Å². The lowest BCUT2D eigenvalue weighted by molar-refractivity contribution is -0.0549. The summed E-state index contributed by atoms with van der Waals surface area (Å²) in [6.07, 6.45) is 1.33. The van der Waals surface area contributed by atoms with Crippen LogP contribution in [0.4, 0.5) is 0 Å². The zero-order chi connectivity index (χ0) is 14.5. The Morgan fingerprint density at radius 1 is 1.55 bits per heavy atom. The van der Waals surface area contributed by atoms with Crippen LogP contribution in [-0.4, -0.2) is 49.3 Å². The first-order chi connectivity index (χ1) is 9.60. The van der Waals surface area contributed by atoms with Crippen molar-refractivity contribution < 1.29 is 4.74 Å². The molecule has 3 nitrogen and oxygen atoms in total. The highest BCUT2D eigenvalue weighted by Crippen LogP contribution is 2.23. The van der Waals surface area contributed by atoms with E-state index in [-0.39, 0.29) is 6.10 Å². The van der Waals surface area contributed by atoms with E-state index in [9.17, 15) is 0 Å². The van der Waals surface area contributed by atoms with Crippen molar-refractivity contribution in [2.75, 3.05) is 26.2 Å². The SMILES string of the molecule is CCNC(Cc1cc(Br)cs1)C1CN(C(C)C)CCO1. The Hall–Kier alpha value is 0.0600. The van der Waals surface area contributed by atoms with Crippen LogP contribution < -0.4 is 5.32 Å². The number of halogens is 1. The second-order valence-corrected chi connectivity index (χ2v) is 7.51. The Labute approximate surface area is 134 Å². The normalized spacial score (nSPS) is 22.4. The van der Waals surface area contributed by atoms with Crippen molar-refractivity contribution in [2.45, 2.75) is 45.4 Å². The molecule has 114 valence electrons. The van der Waals surface area contributed by atoms with Crippen molar-refractivity contribution in [3.63, 3.8) is 0 Å². The summed E-state index contributed by atoms with van der Waals surface area (Å²) in [5, 5.41) is 5.76. The van der Waals surface area contributed by atoms with Crippen LogP contribution in [0.1, 0.15) is 25.6 Å². The molecule has 5 heteroatoms. The average Bonchev–Trinajstić information content (AvgIpc) is 2.84. The van der Waals surface area contributed by atoms with Crippen molar-refractivity contribution in [1.29, 1.82) is 0 Å². The lowest BCUT2D eigenvalue weighted by Crippen LogP contribution is -2.54. The molecule has 0 amide bonds. The zero-order valence-corrected chi connectivity index (χ0v) is 15.0. The summed E-state index contributed by atoms with van der Waals surface area (Å²) in [5.74, 6) is 0. The minimum atomic E-state index is 0.284. The highest BCUT2D eigenvalue weighted by atomic mass is 79.9. The second-order valence-electron chi connectivity index (χ2n) is 5.60. The van der Waals surface area contributed by atoms with E-state index in [1.165, 1.54) is 9.35 Å². The van der Waals surface area contributed by atoms with Gasteiger partial charge in [-0.25, -0.2) is 0 Å². The highest BCUT2D eigenvalue weighted by molar-refractivity contribution is 9.10. The molecule has 0 aliphatic carbocycles. The summed E-state index contributed by atoms with van der Waals surface area (Å²) in [5.41, 5.74) is 0. The van der Waals surface area contributed by atoms with Gasteiger partial charge < -0.3 is 10.1 Å². The highest BCUT2D eigenvalue weighted by Gasteiger charge is 2.29. The van der Waals surface area contributed by atoms with E-state index in [0.29, 0.717) is 12.1 Å². The number of nitrogens with zero attached hydrogens (tertiary/aromatic N) is 1. The van der Waals surface area contributed by atoms with Crippen LogP contribution in [0.2, 0.25) is 0 Å². The Bertz CT molecular complexity index is 410. The molecule has 1 saturated heterocycles. The molecule has 1 aromatic heterocycles. The standard InChI is InChI=1S/C15H25BrN2OS/c1-4-17-14(8-13-7-12(16)10-20-13)15-9-18(11(2)3)5-6-19-15/h7,10-11,14-15,17H,4-6,8-9H2,1-3H3. The molecular formula is C15H25BrN2OS. The van der Waals surface area contributed by atoms with Gasteiger partial charge in [0.25, 0.3) is 0 Å². The molecule has 2 unspecified atom stereocenters. The van der Waals surface area contributed by atoms with Gasteiger partial charge in [0.15, 0.2) is 0 Å². The van der Waals surface area contributed by atoms with Crippen molar-refractivity contribution in [2.24, 2.45) is 0 Å². The van der Waals surface area contributed by atoms with Crippen LogP contribution in [0.3, 0.4) is 0 Å². The Morgan fingerprint density at radius 2 is 2.35 bits per heavy atom. The maximum atomic E-state index is 6.04. The van der Waals surface area contributed by atoms with Crippen LogP contribution in [0.5, 0.6) is 0 Å². The molecule has 1 aliphatic heterocycles. The summed E-state index contributed by atoms with van der Waals surface area (Å²) < 4.78 is 7.22. The molecule has 1 aromatic rings. The third-order valence-electron chi connectivity index (χ3n) is 3.81. The van der Waals surface area contributed by atoms with Gasteiger partial charge in [-0.05, 0) is 48.8 Å². The second kappa shape index (κ2) is 7.90. The summed E-state index contributed by atoms with van der Waals surface area (Å²) in [7, 11) is 0. The molecule has 0 aromatic carbocycles. The van der Waals surface area contributed by atoms with Crippen molar-refractivity contribution in [3.8, 4) is 0 Å². The first kappa shape index (κ1) is 16.4. The molecule has 20 heavy (non-hydrogen) atoms. The lowest BCUT2D eigenvalue weighted by atomic mass is 10.0. The fraction of sp³-hybridized carbons (Fsp3) is 0.733. The van der Waals surface area contributed by atoms with Crippen LogP contribution >= 0.6 is 27.3 Å². The molecule has 0 spiro atoms. The summed E-state index contributed by atoms with van der Waals surface area (Å²) in [4.78, 5) is 3.93. The van der Waals surface area contributed by atoms with Gasteiger partial charge in [0.05, 0.1) is 12.7 Å². The Kier molecular flexibility index (Phi) is 6.49. The molecule has 0 radical (unpaired) electrons. The maximum Gasteiger partial charge on any atom is 0.0858 e. The van der Waals surface area contributed by atoms with E-state index in [1.807, 2.05) is 11.3 Å². The van der Waals surface area contributed by atoms with Gasteiger partial charge in [0.2, 0.25) is 0 Å². The van der Waals surface area contributed by atoms with Crippen LogP contribution in [0, 0.1) is 0 Å². The lowest BCUT2D eigenvalue weighted by Gasteiger charge is -2.39. The van der Waals surface area contributed by atoms with Gasteiger partial charge in [-0.3, -0.25) is 4.90 Å². The molecule has 2 atom stereocenters. The van der Waals surface area contributed by atoms with E-state index >= 15 is 0 Å². The Balaban J connectivity index is 1.99. The van der Waals surface area contributed by atoms with Crippen molar-refractivity contribution in [3.05, 3.63) is 20.8 Å². The number of rotatable bonds is 6. The first-order valence-corrected chi connectivity index (χ1v) is 9.09. The van der Waals surface area contributed by atoms with Gasteiger partial charge in [0, 0.05) is 39.9 Å². The van der Waals surface area contributed by atoms with Gasteiger partial charge in [-0.15, -0.1) is 11.3 Å². The summed E-state index contributed by atoms with van der Waals surface area (Å²) >= 11 is 5.36. The predicted octanol–water partition coefficient (Wildman–Crippen LogP) is 3.14. The number of likely N-dealkylation sites (N-methyl/N-ethyl adjacent to an activating group) is 1. The molecular weight excluding hydrogens is 336 g/mol. The number of hydrogen-bond acceptors (Lipinski definition) is 4.